The van der Waals surface area contributed by atoms with Gasteiger partial charge in [0, 0.05) is 30.9 Å². The first-order valence-electron chi connectivity index (χ1n) is 3.80. The summed E-state index contributed by atoms with van der Waals surface area (Å²) in [5.41, 5.74) is 0. The van der Waals surface area contributed by atoms with Gasteiger partial charge in [-0.05, 0) is 7.05 Å². The van der Waals surface area contributed by atoms with Crippen molar-refractivity contribution < 1.29 is 4.79 Å². The van der Waals surface area contributed by atoms with Gasteiger partial charge in [-0.1, -0.05) is 15.9 Å². The van der Waals surface area contributed by atoms with E-state index < -0.39 is 0 Å². The van der Waals surface area contributed by atoms with Gasteiger partial charge in [0.25, 0.3) is 0 Å². The molecule has 1 atom stereocenters. The van der Waals surface area contributed by atoms with Gasteiger partial charge in [-0.2, -0.15) is 0 Å². The number of alkyl halides is 1. The van der Waals surface area contributed by atoms with Crippen LogP contribution in [-0.4, -0.2) is 42.3 Å². The Morgan fingerprint density at radius 2 is 2.55 bits per heavy atom. The zero-order valence-corrected chi connectivity index (χ0v) is 8.23. The lowest BCUT2D eigenvalue weighted by atomic mass is 10.4. The van der Waals surface area contributed by atoms with Crippen molar-refractivity contribution in [2.24, 2.45) is 0 Å². The normalized spacial score (nSPS) is 24.7. The zero-order valence-electron chi connectivity index (χ0n) is 6.64. The van der Waals surface area contributed by atoms with Crippen LogP contribution in [0, 0.1) is 0 Å². The van der Waals surface area contributed by atoms with Crippen molar-refractivity contribution in [3.8, 4) is 0 Å². The molecular formula is C7H13BrN2O. The molecule has 0 aromatic heterocycles. The van der Waals surface area contributed by atoms with Crippen LogP contribution in [0.15, 0.2) is 0 Å². The Morgan fingerprint density at radius 1 is 1.82 bits per heavy atom. The number of carbonyl (C=O) groups excluding carboxylic acids is 1. The second-order valence-electron chi connectivity index (χ2n) is 2.74. The van der Waals surface area contributed by atoms with Gasteiger partial charge in [-0.25, -0.2) is 0 Å². The molecular weight excluding hydrogens is 208 g/mol. The topological polar surface area (TPSA) is 32.3 Å². The molecule has 64 valence electrons. The summed E-state index contributed by atoms with van der Waals surface area (Å²) < 4.78 is 0. The Hall–Kier alpha value is -0.0900. The molecule has 1 heterocycles. The SMILES string of the molecule is CNCCN1CC(Br)CC1=O. The number of nitrogens with zero attached hydrogens (tertiary/aromatic N) is 1. The van der Waals surface area contributed by atoms with E-state index >= 15 is 0 Å². The maximum absolute atomic E-state index is 11.2. The molecule has 1 N–H and O–H groups in total. The number of likely N-dealkylation sites (tertiary alicyclic amines) is 1. The highest BCUT2D eigenvalue weighted by atomic mass is 79.9. The Labute approximate surface area is 75.3 Å². The second-order valence-corrected chi connectivity index (χ2v) is 4.04. The van der Waals surface area contributed by atoms with E-state index in [-0.39, 0.29) is 5.91 Å². The third kappa shape index (κ3) is 2.45. The van der Waals surface area contributed by atoms with Crippen molar-refractivity contribution >= 4 is 21.8 Å². The molecule has 1 saturated heterocycles. The number of carbonyl (C=O) groups is 1. The van der Waals surface area contributed by atoms with Crippen molar-refractivity contribution in [1.82, 2.24) is 10.2 Å². The van der Waals surface area contributed by atoms with Crippen molar-refractivity contribution in [2.75, 3.05) is 26.7 Å². The number of amides is 1. The third-order valence-electron chi connectivity index (χ3n) is 1.80. The molecule has 0 spiro atoms. The molecule has 1 rings (SSSR count). The first kappa shape index (κ1) is 9.00. The molecule has 1 aliphatic rings. The van der Waals surface area contributed by atoms with E-state index in [0.717, 1.165) is 19.6 Å². The molecule has 0 saturated carbocycles. The van der Waals surface area contributed by atoms with Crippen molar-refractivity contribution in [3.63, 3.8) is 0 Å². The first-order chi connectivity index (χ1) is 5.24. The van der Waals surface area contributed by atoms with E-state index in [9.17, 15) is 4.79 Å². The van der Waals surface area contributed by atoms with Crippen LogP contribution in [0.1, 0.15) is 6.42 Å². The van der Waals surface area contributed by atoms with E-state index in [1.54, 1.807) is 0 Å². The van der Waals surface area contributed by atoms with Crippen LogP contribution >= 0.6 is 15.9 Å². The Morgan fingerprint density at radius 3 is 3.00 bits per heavy atom. The number of likely N-dealkylation sites (N-methyl/N-ethyl adjacent to an activating group) is 1. The van der Waals surface area contributed by atoms with Crippen molar-refractivity contribution in [2.45, 2.75) is 11.2 Å². The molecule has 4 heteroatoms. The van der Waals surface area contributed by atoms with Gasteiger partial charge in [0.2, 0.25) is 5.91 Å². The van der Waals surface area contributed by atoms with Gasteiger partial charge >= 0.3 is 0 Å². The lowest BCUT2D eigenvalue weighted by Gasteiger charge is -2.14. The molecule has 0 aromatic rings. The molecule has 3 nitrogen and oxygen atoms in total. The van der Waals surface area contributed by atoms with E-state index in [0.29, 0.717) is 11.2 Å². The van der Waals surface area contributed by atoms with Crippen LogP contribution in [0.2, 0.25) is 0 Å². The largest absolute Gasteiger partial charge is 0.340 e. The van der Waals surface area contributed by atoms with Gasteiger partial charge in [0.1, 0.15) is 0 Å². The molecule has 0 radical (unpaired) electrons. The zero-order chi connectivity index (χ0) is 8.27. The summed E-state index contributed by atoms with van der Waals surface area (Å²) in [5, 5.41) is 3.02. The fraction of sp³-hybridized carbons (Fsp3) is 0.857. The van der Waals surface area contributed by atoms with Gasteiger partial charge in [0.05, 0.1) is 0 Å². The molecule has 1 amide bonds. The number of halogens is 1. The van der Waals surface area contributed by atoms with E-state index in [2.05, 4.69) is 21.2 Å². The number of rotatable bonds is 3. The number of hydrogen-bond acceptors (Lipinski definition) is 2. The minimum absolute atomic E-state index is 0.266. The second kappa shape index (κ2) is 4.07. The third-order valence-corrected chi connectivity index (χ3v) is 2.41. The Balaban J connectivity index is 2.29. The highest BCUT2D eigenvalue weighted by Crippen LogP contribution is 2.16. The fourth-order valence-corrected chi connectivity index (χ4v) is 1.81. The van der Waals surface area contributed by atoms with Gasteiger partial charge < -0.3 is 10.2 Å². The Bertz CT molecular complexity index is 151. The predicted octanol–water partition coefficient (Wildman–Crippen LogP) is 0.202. The molecule has 1 fully saturated rings. The quantitative estimate of drug-likeness (QED) is 0.690. The first-order valence-corrected chi connectivity index (χ1v) is 4.72. The van der Waals surface area contributed by atoms with E-state index in [1.165, 1.54) is 0 Å². The highest BCUT2D eigenvalue weighted by Gasteiger charge is 2.26. The van der Waals surface area contributed by atoms with Gasteiger partial charge in [-0.15, -0.1) is 0 Å². The minimum Gasteiger partial charge on any atom is -0.340 e. The van der Waals surface area contributed by atoms with Crippen molar-refractivity contribution in [1.29, 1.82) is 0 Å². The van der Waals surface area contributed by atoms with Crippen molar-refractivity contribution in [3.05, 3.63) is 0 Å². The van der Waals surface area contributed by atoms with Crippen LogP contribution in [0.3, 0.4) is 0 Å². The lowest BCUT2D eigenvalue weighted by Crippen LogP contribution is -2.32. The van der Waals surface area contributed by atoms with Crippen LogP contribution in [0.4, 0.5) is 0 Å². The Kier molecular flexibility index (Phi) is 3.33. The lowest BCUT2D eigenvalue weighted by molar-refractivity contribution is -0.127. The van der Waals surface area contributed by atoms with Crippen LogP contribution in [-0.2, 0) is 4.79 Å². The maximum Gasteiger partial charge on any atom is 0.223 e. The molecule has 1 unspecified atom stereocenters. The minimum atomic E-state index is 0.266. The summed E-state index contributed by atoms with van der Waals surface area (Å²) in [6, 6.07) is 0. The highest BCUT2D eigenvalue weighted by molar-refractivity contribution is 9.09. The van der Waals surface area contributed by atoms with Crippen LogP contribution < -0.4 is 5.32 Å². The molecule has 0 aliphatic carbocycles. The summed E-state index contributed by atoms with van der Waals surface area (Å²) in [7, 11) is 1.90. The van der Waals surface area contributed by atoms with Gasteiger partial charge in [0.15, 0.2) is 0 Å². The average molecular weight is 221 g/mol. The monoisotopic (exact) mass is 220 g/mol. The molecule has 0 aromatic carbocycles. The van der Waals surface area contributed by atoms with Crippen LogP contribution in [0.25, 0.3) is 0 Å². The molecule has 11 heavy (non-hydrogen) atoms. The average Bonchev–Trinajstić information content (AvgIpc) is 2.26. The standard InChI is InChI=1S/C7H13BrN2O/c1-9-2-3-10-5-6(8)4-7(10)11/h6,9H,2-5H2,1H3. The molecule has 0 bridgehead atoms. The van der Waals surface area contributed by atoms with E-state index in [1.807, 2.05) is 11.9 Å². The summed E-state index contributed by atoms with van der Waals surface area (Å²) in [6.07, 6.45) is 0.656. The van der Waals surface area contributed by atoms with E-state index in [4.69, 9.17) is 0 Å². The summed E-state index contributed by atoms with van der Waals surface area (Å²) in [4.78, 5) is 13.4. The molecule has 1 aliphatic heterocycles. The summed E-state index contributed by atoms with van der Waals surface area (Å²) in [5.74, 6) is 0.266. The fourth-order valence-electron chi connectivity index (χ4n) is 1.19. The van der Waals surface area contributed by atoms with Crippen LogP contribution in [0.5, 0.6) is 0 Å². The number of hydrogen-bond donors (Lipinski definition) is 1. The number of nitrogens with one attached hydrogen (secondary N) is 1. The smallest absolute Gasteiger partial charge is 0.223 e. The summed E-state index contributed by atoms with van der Waals surface area (Å²) in [6.45, 7) is 2.57. The predicted molar refractivity (Wildman–Crippen MR) is 47.8 cm³/mol. The van der Waals surface area contributed by atoms with Gasteiger partial charge in [-0.3, -0.25) is 4.79 Å². The summed E-state index contributed by atoms with van der Waals surface area (Å²) >= 11 is 3.43. The maximum atomic E-state index is 11.2.